The highest BCUT2D eigenvalue weighted by atomic mass is 32.2. The summed E-state index contributed by atoms with van der Waals surface area (Å²) in [5.41, 5.74) is 1.87. The maximum atomic E-state index is 12.4. The van der Waals surface area contributed by atoms with E-state index in [9.17, 15) is 4.79 Å². The summed E-state index contributed by atoms with van der Waals surface area (Å²) in [6.45, 7) is 0. The quantitative estimate of drug-likeness (QED) is 0.729. The number of hydrogen-bond acceptors (Lipinski definition) is 4. The minimum Gasteiger partial charge on any atom is -0.429 e. The Balaban J connectivity index is 1.90. The van der Waals surface area contributed by atoms with Gasteiger partial charge in [-0.05, 0) is 30.5 Å². The topological polar surface area (TPSA) is 55.1 Å². The lowest BCUT2D eigenvalue weighted by molar-refractivity contribution is 0.101. The first-order chi connectivity index (χ1) is 10.8. The predicted molar refractivity (Wildman–Crippen MR) is 88.1 cm³/mol. The van der Waals surface area contributed by atoms with Crippen LogP contribution < -0.4 is 5.32 Å². The largest absolute Gasteiger partial charge is 0.429 e. The van der Waals surface area contributed by atoms with Gasteiger partial charge in [0, 0.05) is 11.3 Å². The molecule has 1 N–H and O–H groups in total. The molecule has 3 aromatic rings. The van der Waals surface area contributed by atoms with Gasteiger partial charge in [-0.3, -0.25) is 4.79 Å². The van der Waals surface area contributed by atoms with Crippen LogP contribution in [0.1, 0.15) is 10.5 Å². The number of amides is 1. The third kappa shape index (κ3) is 3.04. The Hall–Kier alpha value is -2.53. The lowest BCUT2D eigenvalue weighted by Gasteiger charge is -2.02. The van der Waals surface area contributed by atoms with Gasteiger partial charge in [0.15, 0.2) is 10.8 Å². The molecule has 1 amide bonds. The summed E-state index contributed by atoms with van der Waals surface area (Å²) in [5, 5.41) is 3.33. The van der Waals surface area contributed by atoms with Crippen molar-refractivity contribution in [2.75, 3.05) is 11.6 Å². The summed E-state index contributed by atoms with van der Waals surface area (Å²) in [6.07, 6.45) is 1.86. The van der Waals surface area contributed by atoms with Gasteiger partial charge in [0.05, 0.1) is 0 Å². The van der Waals surface area contributed by atoms with Crippen molar-refractivity contribution in [3.05, 3.63) is 66.4 Å². The van der Waals surface area contributed by atoms with E-state index in [1.807, 2.05) is 66.9 Å². The minimum atomic E-state index is -0.276. The Morgan fingerprint density at radius 1 is 1.05 bits per heavy atom. The smallest absolute Gasteiger partial charge is 0.278 e. The fourth-order valence-electron chi connectivity index (χ4n) is 2.00. The molecule has 22 heavy (non-hydrogen) atoms. The molecule has 3 rings (SSSR count). The molecule has 0 fully saturated rings. The molecule has 0 aliphatic carbocycles. The van der Waals surface area contributed by atoms with Crippen molar-refractivity contribution in [1.29, 1.82) is 0 Å². The molecule has 0 aliphatic heterocycles. The van der Waals surface area contributed by atoms with Gasteiger partial charge in [0.25, 0.3) is 5.91 Å². The zero-order valence-corrected chi connectivity index (χ0v) is 12.8. The summed E-state index contributed by atoms with van der Waals surface area (Å²) >= 11 is 1.36. The number of nitrogens with one attached hydrogen (secondary N) is 1. The van der Waals surface area contributed by atoms with Gasteiger partial charge in [-0.25, -0.2) is 4.98 Å². The van der Waals surface area contributed by atoms with Gasteiger partial charge in [-0.1, -0.05) is 48.2 Å². The van der Waals surface area contributed by atoms with Crippen LogP contribution in [0.4, 0.5) is 5.69 Å². The molecule has 0 saturated carbocycles. The molecule has 2 aromatic carbocycles. The van der Waals surface area contributed by atoms with E-state index < -0.39 is 0 Å². The van der Waals surface area contributed by atoms with E-state index in [0.717, 1.165) is 11.3 Å². The number of para-hydroxylation sites is 1. The monoisotopic (exact) mass is 310 g/mol. The lowest BCUT2D eigenvalue weighted by Crippen LogP contribution is -2.13. The van der Waals surface area contributed by atoms with Crippen LogP contribution in [-0.2, 0) is 0 Å². The molecule has 110 valence electrons. The van der Waals surface area contributed by atoms with Crippen LogP contribution in [0.3, 0.4) is 0 Å². The molecular weight excluding hydrogens is 296 g/mol. The molecule has 4 nitrogen and oxygen atoms in total. The SMILES string of the molecule is CSc1oc(-c2ccccc2)nc1C(=O)Nc1ccccc1. The first-order valence-corrected chi connectivity index (χ1v) is 7.97. The third-order valence-electron chi connectivity index (χ3n) is 3.05. The summed E-state index contributed by atoms with van der Waals surface area (Å²) in [5.74, 6) is 0.171. The Bertz CT molecular complexity index is 770. The number of anilines is 1. The van der Waals surface area contributed by atoms with Gasteiger partial charge in [0.2, 0.25) is 5.89 Å². The average Bonchev–Trinajstić information content (AvgIpc) is 3.01. The maximum absolute atomic E-state index is 12.4. The van der Waals surface area contributed by atoms with Gasteiger partial charge in [0.1, 0.15) is 0 Å². The van der Waals surface area contributed by atoms with Crippen molar-refractivity contribution >= 4 is 23.4 Å². The van der Waals surface area contributed by atoms with E-state index in [4.69, 9.17) is 4.42 Å². The second kappa shape index (κ2) is 6.49. The van der Waals surface area contributed by atoms with E-state index in [1.54, 1.807) is 0 Å². The molecule has 0 radical (unpaired) electrons. The number of oxazole rings is 1. The van der Waals surface area contributed by atoms with Gasteiger partial charge in [-0.2, -0.15) is 0 Å². The van der Waals surface area contributed by atoms with Crippen molar-refractivity contribution in [2.45, 2.75) is 5.09 Å². The number of rotatable bonds is 4. The van der Waals surface area contributed by atoms with Crippen LogP contribution in [0.15, 0.2) is 70.2 Å². The predicted octanol–water partition coefficient (Wildman–Crippen LogP) is 4.32. The number of aromatic nitrogens is 1. The molecule has 1 heterocycles. The number of benzene rings is 2. The fourth-order valence-corrected chi connectivity index (χ4v) is 2.50. The summed E-state index contributed by atoms with van der Waals surface area (Å²) in [7, 11) is 0. The number of thioether (sulfide) groups is 1. The number of hydrogen-bond donors (Lipinski definition) is 1. The summed E-state index contributed by atoms with van der Waals surface area (Å²) in [6, 6.07) is 18.8. The van der Waals surface area contributed by atoms with Gasteiger partial charge >= 0.3 is 0 Å². The highest BCUT2D eigenvalue weighted by Gasteiger charge is 2.20. The zero-order valence-electron chi connectivity index (χ0n) is 11.9. The molecule has 0 spiro atoms. The number of carbonyl (C=O) groups excluding carboxylic acids is 1. The Morgan fingerprint density at radius 3 is 2.32 bits per heavy atom. The first kappa shape index (κ1) is 14.4. The molecular formula is C17H14N2O2S. The van der Waals surface area contributed by atoms with E-state index >= 15 is 0 Å². The van der Waals surface area contributed by atoms with Crippen molar-refractivity contribution in [2.24, 2.45) is 0 Å². The summed E-state index contributed by atoms with van der Waals surface area (Å²) in [4.78, 5) is 16.7. The molecule has 0 unspecified atom stereocenters. The van der Waals surface area contributed by atoms with Gasteiger partial charge in [-0.15, -0.1) is 0 Å². The van der Waals surface area contributed by atoms with Crippen LogP contribution in [0, 0.1) is 0 Å². The van der Waals surface area contributed by atoms with Crippen molar-refractivity contribution in [1.82, 2.24) is 4.98 Å². The molecule has 5 heteroatoms. The second-order valence-electron chi connectivity index (χ2n) is 4.55. The molecule has 0 saturated heterocycles. The van der Waals surface area contributed by atoms with E-state index in [2.05, 4.69) is 10.3 Å². The van der Waals surface area contributed by atoms with Crippen LogP contribution in [0.5, 0.6) is 0 Å². The summed E-state index contributed by atoms with van der Waals surface area (Å²) < 4.78 is 5.70. The third-order valence-corrected chi connectivity index (χ3v) is 3.70. The van der Waals surface area contributed by atoms with Crippen LogP contribution in [0.25, 0.3) is 11.5 Å². The fraction of sp³-hybridized carbons (Fsp3) is 0.0588. The maximum Gasteiger partial charge on any atom is 0.278 e. The van der Waals surface area contributed by atoms with Crippen LogP contribution in [0.2, 0.25) is 0 Å². The van der Waals surface area contributed by atoms with Gasteiger partial charge < -0.3 is 9.73 Å². The van der Waals surface area contributed by atoms with Crippen LogP contribution >= 0.6 is 11.8 Å². The van der Waals surface area contributed by atoms with E-state index in [1.165, 1.54) is 11.8 Å². The number of carbonyl (C=O) groups is 1. The van der Waals surface area contributed by atoms with E-state index in [-0.39, 0.29) is 5.91 Å². The van der Waals surface area contributed by atoms with E-state index in [0.29, 0.717) is 16.7 Å². The Morgan fingerprint density at radius 2 is 1.68 bits per heavy atom. The Kier molecular flexibility index (Phi) is 4.25. The molecule has 0 aliphatic rings. The highest BCUT2D eigenvalue weighted by molar-refractivity contribution is 7.98. The molecule has 0 bridgehead atoms. The zero-order chi connectivity index (χ0) is 15.4. The average molecular weight is 310 g/mol. The van der Waals surface area contributed by atoms with Crippen molar-refractivity contribution in [3.8, 4) is 11.5 Å². The first-order valence-electron chi connectivity index (χ1n) is 6.74. The van der Waals surface area contributed by atoms with Crippen molar-refractivity contribution in [3.63, 3.8) is 0 Å². The normalized spacial score (nSPS) is 10.4. The number of nitrogens with zero attached hydrogens (tertiary/aromatic N) is 1. The van der Waals surface area contributed by atoms with Crippen LogP contribution in [-0.4, -0.2) is 17.1 Å². The van der Waals surface area contributed by atoms with Crippen molar-refractivity contribution < 1.29 is 9.21 Å². The highest BCUT2D eigenvalue weighted by Crippen LogP contribution is 2.28. The lowest BCUT2D eigenvalue weighted by atomic mass is 10.2. The molecule has 0 atom stereocenters. The Labute approximate surface area is 132 Å². The standard InChI is InChI=1S/C17H14N2O2S/c1-22-17-14(15(20)18-13-10-6-3-7-11-13)19-16(21-17)12-8-4-2-5-9-12/h2-11H,1H3,(H,18,20). The minimum absolute atomic E-state index is 0.276. The second-order valence-corrected chi connectivity index (χ2v) is 5.32. The molecule has 1 aromatic heterocycles.